The monoisotopic (exact) mass is 441 g/mol. The molecule has 1 atom stereocenters. The number of fused-ring (bicyclic) bond motifs is 3. The number of carbonyl (C=O) groups excluding carboxylic acids is 1. The number of carbonyl (C=O) groups is 1. The van der Waals surface area contributed by atoms with Gasteiger partial charge in [0.1, 0.15) is 5.75 Å². The van der Waals surface area contributed by atoms with Crippen LogP contribution >= 0.6 is 0 Å². The summed E-state index contributed by atoms with van der Waals surface area (Å²) in [4.78, 5) is 29.7. The number of aromatic amines is 1. The molecule has 0 radical (unpaired) electrons. The van der Waals surface area contributed by atoms with Crippen LogP contribution in [0.1, 0.15) is 38.8 Å². The van der Waals surface area contributed by atoms with Crippen molar-refractivity contribution < 1.29 is 14.5 Å². The summed E-state index contributed by atoms with van der Waals surface area (Å²) in [6.45, 7) is 2.52. The molecule has 0 saturated heterocycles. The van der Waals surface area contributed by atoms with E-state index in [2.05, 4.69) is 4.98 Å². The summed E-state index contributed by atoms with van der Waals surface area (Å²) in [6, 6.07) is 19.5. The maximum absolute atomic E-state index is 13.6. The smallest absolute Gasteiger partial charge is 0.269 e. The Balaban J connectivity index is 1.65. The largest absolute Gasteiger partial charge is 0.497 e. The van der Waals surface area contributed by atoms with Gasteiger partial charge in [-0.3, -0.25) is 14.9 Å². The lowest BCUT2D eigenvalue weighted by Crippen LogP contribution is -2.40. The van der Waals surface area contributed by atoms with Crippen LogP contribution in [0.15, 0.2) is 66.7 Å². The number of hydrogen-bond donors (Lipinski definition) is 1. The van der Waals surface area contributed by atoms with Crippen LogP contribution in [-0.2, 0) is 6.42 Å². The van der Waals surface area contributed by atoms with Gasteiger partial charge < -0.3 is 14.6 Å². The molecule has 1 aromatic heterocycles. The van der Waals surface area contributed by atoms with E-state index in [1.54, 1.807) is 19.2 Å². The lowest BCUT2D eigenvalue weighted by atomic mass is 9.91. The first kappa shape index (κ1) is 20.8. The molecule has 2 heterocycles. The first-order valence-electron chi connectivity index (χ1n) is 10.8. The number of ether oxygens (including phenoxy) is 1. The Morgan fingerprint density at radius 3 is 2.48 bits per heavy atom. The summed E-state index contributed by atoms with van der Waals surface area (Å²) in [5, 5.41) is 12.2. The third kappa shape index (κ3) is 3.61. The van der Waals surface area contributed by atoms with Gasteiger partial charge in [0.2, 0.25) is 0 Å². The second-order valence-corrected chi connectivity index (χ2v) is 8.29. The molecule has 1 aliphatic heterocycles. The zero-order valence-electron chi connectivity index (χ0n) is 18.4. The number of H-pyrrole nitrogens is 1. The molecule has 7 heteroatoms. The summed E-state index contributed by atoms with van der Waals surface area (Å²) in [5.41, 5.74) is 5.59. The number of benzene rings is 3. The van der Waals surface area contributed by atoms with Crippen LogP contribution in [0.3, 0.4) is 0 Å². The topological polar surface area (TPSA) is 88.5 Å². The maximum Gasteiger partial charge on any atom is 0.269 e. The van der Waals surface area contributed by atoms with Crippen LogP contribution in [0.2, 0.25) is 0 Å². The molecule has 0 saturated carbocycles. The maximum atomic E-state index is 13.6. The molecule has 0 bridgehead atoms. The Kier molecular flexibility index (Phi) is 5.09. The summed E-state index contributed by atoms with van der Waals surface area (Å²) < 4.78 is 5.41. The van der Waals surface area contributed by atoms with Crippen molar-refractivity contribution in [3.05, 3.63) is 105 Å². The van der Waals surface area contributed by atoms with Crippen LogP contribution in [-0.4, -0.2) is 34.4 Å². The number of amides is 1. The van der Waals surface area contributed by atoms with Gasteiger partial charge in [-0.05, 0) is 66.9 Å². The highest BCUT2D eigenvalue weighted by Crippen LogP contribution is 2.40. The van der Waals surface area contributed by atoms with Gasteiger partial charge in [0.25, 0.3) is 11.6 Å². The predicted molar refractivity (Wildman–Crippen MR) is 126 cm³/mol. The van der Waals surface area contributed by atoms with E-state index in [4.69, 9.17) is 4.74 Å². The fourth-order valence-corrected chi connectivity index (χ4v) is 4.60. The van der Waals surface area contributed by atoms with E-state index in [0.717, 1.165) is 39.0 Å². The number of nitrogens with zero attached hydrogens (tertiary/aromatic N) is 2. The molecule has 1 amide bonds. The third-order valence-corrected chi connectivity index (χ3v) is 6.31. The van der Waals surface area contributed by atoms with Crippen LogP contribution in [0, 0.1) is 17.0 Å². The molecule has 4 aromatic rings. The molecule has 0 unspecified atom stereocenters. The standard InChI is InChI=1S/C26H23N3O4/c1-16-3-5-18(6-4-16)26(30)28-14-13-21-22-15-20(33-2)11-12-23(22)27-24(21)25(28)17-7-9-19(10-8-17)29(31)32/h3-12,15,25,27H,13-14H2,1-2H3/t25-/m1/s1. The second-order valence-electron chi connectivity index (χ2n) is 8.29. The third-order valence-electron chi connectivity index (χ3n) is 6.31. The van der Waals surface area contributed by atoms with E-state index >= 15 is 0 Å². The molecule has 1 N–H and O–H groups in total. The molecule has 166 valence electrons. The number of hydrogen-bond acceptors (Lipinski definition) is 4. The average molecular weight is 441 g/mol. The number of nitro groups is 1. The molecule has 33 heavy (non-hydrogen) atoms. The lowest BCUT2D eigenvalue weighted by molar-refractivity contribution is -0.384. The molecule has 0 fully saturated rings. The van der Waals surface area contributed by atoms with E-state index in [9.17, 15) is 14.9 Å². The van der Waals surface area contributed by atoms with Crippen molar-refractivity contribution in [1.29, 1.82) is 0 Å². The highest BCUT2D eigenvalue weighted by atomic mass is 16.6. The Bertz CT molecular complexity index is 1360. The van der Waals surface area contributed by atoms with Crippen molar-refractivity contribution in [1.82, 2.24) is 9.88 Å². The highest BCUT2D eigenvalue weighted by Gasteiger charge is 2.35. The first-order chi connectivity index (χ1) is 16.0. The molecule has 5 rings (SSSR count). The van der Waals surface area contributed by atoms with E-state index in [0.29, 0.717) is 18.5 Å². The van der Waals surface area contributed by atoms with Gasteiger partial charge in [0.05, 0.1) is 18.1 Å². The zero-order valence-corrected chi connectivity index (χ0v) is 18.4. The molecule has 3 aromatic carbocycles. The van der Waals surface area contributed by atoms with Gasteiger partial charge in [-0.15, -0.1) is 0 Å². The Morgan fingerprint density at radius 2 is 1.82 bits per heavy atom. The molecular formula is C26H23N3O4. The Hall–Kier alpha value is -4.13. The molecule has 7 nitrogen and oxygen atoms in total. The van der Waals surface area contributed by atoms with E-state index in [-0.39, 0.29) is 17.6 Å². The number of non-ortho nitro benzene ring substituents is 1. The summed E-state index contributed by atoms with van der Waals surface area (Å²) in [6.07, 6.45) is 0.698. The summed E-state index contributed by atoms with van der Waals surface area (Å²) in [5.74, 6) is 0.703. The van der Waals surface area contributed by atoms with Crippen LogP contribution in [0.25, 0.3) is 10.9 Å². The lowest BCUT2D eigenvalue weighted by Gasteiger charge is -2.36. The number of nitrogens with one attached hydrogen (secondary N) is 1. The number of methoxy groups -OCH3 is 1. The summed E-state index contributed by atoms with van der Waals surface area (Å²) in [7, 11) is 1.64. The number of aromatic nitrogens is 1. The van der Waals surface area contributed by atoms with Crippen molar-refractivity contribution in [2.24, 2.45) is 0 Å². The Labute approximate surface area is 190 Å². The van der Waals surface area contributed by atoms with Crippen molar-refractivity contribution in [2.45, 2.75) is 19.4 Å². The Morgan fingerprint density at radius 1 is 1.09 bits per heavy atom. The van der Waals surface area contributed by atoms with E-state index < -0.39 is 4.92 Å². The van der Waals surface area contributed by atoms with E-state index in [1.807, 2.05) is 54.3 Å². The average Bonchev–Trinajstić information content (AvgIpc) is 3.21. The van der Waals surface area contributed by atoms with Gasteiger partial charge in [0, 0.05) is 40.8 Å². The number of rotatable bonds is 4. The quantitative estimate of drug-likeness (QED) is 0.349. The minimum Gasteiger partial charge on any atom is -0.497 e. The predicted octanol–water partition coefficient (Wildman–Crippen LogP) is 5.18. The SMILES string of the molecule is COc1ccc2[nH]c3c(c2c1)CCN(C(=O)c1ccc(C)cc1)[C@@H]3c1ccc([N+](=O)[O-])cc1. The zero-order chi connectivity index (χ0) is 23.1. The minimum absolute atomic E-state index is 0.0209. The summed E-state index contributed by atoms with van der Waals surface area (Å²) >= 11 is 0. The molecule has 1 aliphatic rings. The molecule has 0 aliphatic carbocycles. The van der Waals surface area contributed by atoms with Gasteiger partial charge >= 0.3 is 0 Å². The normalized spacial score (nSPS) is 15.3. The molecule has 0 spiro atoms. The van der Waals surface area contributed by atoms with E-state index in [1.165, 1.54) is 12.1 Å². The van der Waals surface area contributed by atoms with Crippen LogP contribution in [0.5, 0.6) is 5.75 Å². The minimum atomic E-state index is -0.416. The fourth-order valence-electron chi connectivity index (χ4n) is 4.60. The highest BCUT2D eigenvalue weighted by molar-refractivity contribution is 5.95. The van der Waals surface area contributed by atoms with Crippen LogP contribution < -0.4 is 4.74 Å². The van der Waals surface area contributed by atoms with Crippen molar-refractivity contribution in [3.8, 4) is 5.75 Å². The molecular weight excluding hydrogens is 418 g/mol. The van der Waals surface area contributed by atoms with Gasteiger partial charge in [-0.25, -0.2) is 0 Å². The van der Waals surface area contributed by atoms with Gasteiger partial charge in [-0.2, -0.15) is 0 Å². The van der Waals surface area contributed by atoms with Gasteiger partial charge in [0.15, 0.2) is 0 Å². The fraction of sp³-hybridized carbons (Fsp3) is 0.192. The first-order valence-corrected chi connectivity index (χ1v) is 10.8. The number of nitro benzene ring substituents is 1. The van der Waals surface area contributed by atoms with Crippen molar-refractivity contribution in [3.63, 3.8) is 0 Å². The number of aryl methyl sites for hydroxylation is 1. The van der Waals surface area contributed by atoms with Crippen molar-refractivity contribution >= 4 is 22.5 Å². The van der Waals surface area contributed by atoms with Gasteiger partial charge in [-0.1, -0.05) is 17.7 Å². The van der Waals surface area contributed by atoms with Crippen LogP contribution in [0.4, 0.5) is 5.69 Å². The second kappa shape index (κ2) is 8.09. The van der Waals surface area contributed by atoms with Crippen molar-refractivity contribution in [2.75, 3.05) is 13.7 Å².